The van der Waals surface area contributed by atoms with Crippen LogP contribution in [0.3, 0.4) is 0 Å². The highest BCUT2D eigenvalue weighted by atomic mass is 16.5. The van der Waals surface area contributed by atoms with Crippen molar-refractivity contribution >= 4 is 11.8 Å². The highest BCUT2D eigenvalue weighted by molar-refractivity contribution is 5.98. The van der Waals surface area contributed by atoms with Gasteiger partial charge in [0.05, 0.1) is 32.1 Å². The molecule has 0 unspecified atom stereocenters. The molecule has 2 amide bonds. The normalized spacial score (nSPS) is 18.2. The first-order valence-corrected chi connectivity index (χ1v) is 14.5. The first-order valence-electron chi connectivity index (χ1n) is 14.5. The number of fused-ring (bicyclic) bond motifs is 4. The van der Waals surface area contributed by atoms with E-state index in [2.05, 4.69) is 31.9 Å². The number of aliphatic hydroxyl groups excluding tert-OH is 1. The highest BCUT2D eigenvalue weighted by Crippen LogP contribution is 2.22. The topological polar surface area (TPSA) is 140 Å². The minimum absolute atomic E-state index is 0.314. The number of aliphatic hydroxyl groups is 1. The Bertz CT molecular complexity index is 1380. The van der Waals surface area contributed by atoms with Gasteiger partial charge in [-0.05, 0) is 49.2 Å². The van der Waals surface area contributed by atoms with Crippen LogP contribution in [-0.2, 0) is 35.6 Å². The number of amides is 2. The quantitative estimate of drug-likeness (QED) is 0.390. The van der Waals surface area contributed by atoms with Crippen LogP contribution in [0.5, 0.6) is 11.5 Å². The Balaban J connectivity index is 1.53. The number of aromatic nitrogens is 3. The Morgan fingerprint density at radius 3 is 2.74 bits per heavy atom. The molecule has 4 rings (SSSR count). The highest BCUT2D eigenvalue weighted by Gasteiger charge is 2.26. The third kappa shape index (κ3) is 8.99. The van der Waals surface area contributed by atoms with Gasteiger partial charge in [-0.3, -0.25) is 19.2 Å². The maximum Gasteiger partial charge on any atom is 0.252 e. The van der Waals surface area contributed by atoms with E-state index in [1.165, 1.54) is 6.92 Å². The fourth-order valence-corrected chi connectivity index (χ4v) is 4.94. The number of ether oxygens (including phenoxy) is 3. The average molecular weight is 595 g/mol. The second kappa shape index (κ2) is 15.5. The number of nitrogens with one attached hydrogen (secondary N) is 2. The van der Waals surface area contributed by atoms with Crippen molar-refractivity contribution < 1.29 is 28.9 Å². The predicted octanol–water partition coefficient (Wildman–Crippen LogP) is 1.86. The second-order valence-corrected chi connectivity index (χ2v) is 10.7. The van der Waals surface area contributed by atoms with Crippen LogP contribution in [0.15, 0.2) is 42.6 Å². The molecular formula is C31H42N6O6. The summed E-state index contributed by atoms with van der Waals surface area (Å²) in [6.07, 6.45) is 2.23. The van der Waals surface area contributed by atoms with E-state index in [1.807, 2.05) is 29.9 Å². The average Bonchev–Trinajstić information content (AvgIpc) is 3.44. The summed E-state index contributed by atoms with van der Waals surface area (Å²) < 4.78 is 18.6. The van der Waals surface area contributed by atoms with Crippen LogP contribution >= 0.6 is 0 Å². The molecule has 43 heavy (non-hydrogen) atoms. The lowest BCUT2D eigenvalue weighted by Gasteiger charge is -2.25. The predicted molar refractivity (Wildman–Crippen MR) is 160 cm³/mol. The number of hydrogen-bond donors (Lipinski definition) is 3. The number of aryl methyl sites for hydroxylation is 2. The summed E-state index contributed by atoms with van der Waals surface area (Å²) in [4.78, 5) is 28.4. The van der Waals surface area contributed by atoms with Gasteiger partial charge in [0.2, 0.25) is 5.91 Å². The van der Waals surface area contributed by atoms with Gasteiger partial charge in [-0.1, -0.05) is 17.3 Å². The van der Waals surface area contributed by atoms with E-state index < -0.39 is 24.0 Å². The molecule has 0 saturated carbocycles. The standard InChI is InChI=1S/C31H42N6O6/c1-21-6-8-24-17-28(21)43-15-5-12-37-19-26(34-35-37)10-13-36(14-11-32-31(40)29(22(2)38)33-30(24)39)18-23-7-9-27(42-4)25(16-23)20-41-3/h6-9,16-17,19,22,29,38H,5,10-15,18,20H2,1-4H3,(H,32,40)(H,33,39)/t22-,29+/m1/s1. The van der Waals surface area contributed by atoms with Crippen molar-refractivity contribution in [2.24, 2.45) is 0 Å². The maximum atomic E-state index is 13.1. The van der Waals surface area contributed by atoms with Crippen LogP contribution in [0.2, 0.25) is 0 Å². The number of rotatable bonds is 6. The van der Waals surface area contributed by atoms with Crippen molar-refractivity contribution in [1.29, 1.82) is 0 Å². The van der Waals surface area contributed by atoms with Gasteiger partial charge in [0.25, 0.3) is 5.91 Å². The monoisotopic (exact) mass is 594 g/mol. The maximum absolute atomic E-state index is 13.1. The Morgan fingerprint density at radius 1 is 1.14 bits per heavy atom. The van der Waals surface area contributed by atoms with Gasteiger partial charge in [-0.2, -0.15) is 0 Å². The van der Waals surface area contributed by atoms with Crippen molar-refractivity contribution in [3.8, 4) is 11.5 Å². The Labute approximate surface area is 252 Å². The van der Waals surface area contributed by atoms with E-state index in [0.717, 1.165) is 28.1 Å². The summed E-state index contributed by atoms with van der Waals surface area (Å²) in [5.41, 5.74) is 4.13. The third-order valence-corrected chi connectivity index (χ3v) is 7.34. The first kappa shape index (κ1) is 31.9. The number of methoxy groups -OCH3 is 2. The zero-order valence-corrected chi connectivity index (χ0v) is 25.3. The van der Waals surface area contributed by atoms with Gasteiger partial charge >= 0.3 is 0 Å². The minimum Gasteiger partial charge on any atom is -0.496 e. The molecule has 12 nitrogen and oxygen atoms in total. The number of nitrogens with zero attached hydrogens (tertiary/aromatic N) is 4. The molecule has 0 fully saturated rings. The molecule has 2 heterocycles. The van der Waals surface area contributed by atoms with Gasteiger partial charge in [0, 0.05) is 70.0 Å². The number of carbonyl (C=O) groups excluding carboxylic acids is 2. The van der Waals surface area contributed by atoms with Crippen LogP contribution in [0.25, 0.3) is 0 Å². The van der Waals surface area contributed by atoms with E-state index >= 15 is 0 Å². The number of hydrogen-bond acceptors (Lipinski definition) is 9. The van der Waals surface area contributed by atoms with Crippen molar-refractivity contribution in [2.75, 3.05) is 40.5 Å². The second-order valence-electron chi connectivity index (χ2n) is 10.7. The van der Waals surface area contributed by atoms with E-state index in [0.29, 0.717) is 70.1 Å². The van der Waals surface area contributed by atoms with Crippen molar-refractivity contribution in [3.05, 3.63) is 70.5 Å². The summed E-state index contributed by atoms with van der Waals surface area (Å²) in [5.74, 6) is 0.421. The fourth-order valence-electron chi connectivity index (χ4n) is 4.94. The van der Waals surface area contributed by atoms with E-state index in [1.54, 1.807) is 32.4 Å². The molecule has 1 aliphatic heterocycles. The van der Waals surface area contributed by atoms with Crippen LogP contribution in [0.1, 0.15) is 46.1 Å². The molecule has 0 spiro atoms. The molecule has 2 atom stereocenters. The largest absolute Gasteiger partial charge is 0.496 e. The van der Waals surface area contributed by atoms with Crippen molar-refractivity contribution in [2.45, 2.75) is 58.5 Å². The molecule has 0 saturated heterocycles. The summed E-state index contributed by atoms with van der Waals surface area (Å²) in [6.45, 7) is 7.03. The third-order valence-electron chi connectivity index (χ3n) is 7.34. The Kier molecular flexibility index (Phi) is 11.5. The molecule has 2 aromatic carbocycles. The molecule has 0 radical (unpaired) electrons. The minimum atomic E-state index is -1.12. The molecule has 1 aliphatic rings. The zero-order chi connectivity index (χ0) is 30.8. The zero-order valence-electron chi connectivity index (χ0n) is 25.3. The van der Waals surface area contributed by atoms with Crippen LogP contribution in [0, 0.1) is 6.92 Å². The summed E-state index contributed by atoms with van der Waals surface area (Å²) in [7, 11) is 3.28. The smallest absolute Gasteiger partial charge is 0.252 e. The number of carbonyl (C=O) groups is 2. The SMILES string of the molecule is COCc1cc(CN2CCNC(=O)[C@H]([C@@H](C)O)NC(=O)c3ccc(C)c(c3)OCCCn3cc(nn3)CC2)ccc1OC. The molecule has 12 heteroatoms. The first-order chi connectivity index (χ1) is 20.8. The van der Waals surface area contributed by atoms with Crippen LogP contribution in [-0.4, -0.2) is 89.4 Å². The van der Waals surface area contributed by atoms with Gasteiger partial charge < -0.3 is 30.0 Å². The number of benzene rings is 2. The molecule has 1 aromatic heterocycles. The molecule has 3 aromatic rings. The van der Waals surface area contributed by atoms with Crippen molar-refractivity contribution in [1.82, 2.24) is 30.5 Å². The molecule has 3 N–H and O–H groups in total. The van der Waals surface area contributed by atoms with Gasteiger partial charge in [0.1, 0.15) is 17.5 Å². The van der Waals surface area contributed by atoms with Crippen LogP contribution in [0.4, 0.5) is 0 Å². The lowest BCUT2D eigenvalue weighted by molar-refractivity contribution is -0.125. The summed E-state index contributed by atoms with van der Waals surface area (Å²) in [5, 5.41) is 24.6. The fraction of sp³-hybridized carbons (Fsp3) is 0.484. The van der Waals surface area contributed by atoms with E-state index in [4.69, 9.17) is 14.2 Å². The molecule has 4 bridgehead atoms. The van der Waals surface area contributed by atoms with E-state index in [9.17, 15) is 14.7 Å². The van der Waals surface area contributed by atoms with Gasteiger partial charge in [-0.15, -0.1) is 5.10 Å². The Hall–Kier alpha value is -4.00. The van der Waals surface area contributed by atoms with Gasteiger partial charge in [-0.25, -0.2) is 0 Å². The lowest BCUT2D eigenvalue weighted by Crippen LogP contribution is -2.53. The van der Waals surface area contributed by atoms with Crippen molar-refractivity contribution in [3.63, 3.8) is 0 Å². The van der Waals surface area contributed by atoms with Gasteiger partial charge in [0.15, 0.2) is 0 Å². The summed E-state index contributed by atoms with van der Waals surface area (Å²) >= 11 is 0. The van der Waals surface area contributed by atoms with Crippen LogP contribution < -0.4 is 20.1 Å². The summed E-state index contributed by atoms with van der Waals surface area (Å²) in [6, 6.07) is 10.0. The Morgan fingerprint density at radius 2 is 1.98 bits per heavy atom. The lowest BCUT2D eigenvalue weighted by atomic mass is 10.1. The molecule has 0 aliphatic carbocycles. The molecule has 232 valence electrons. The molecular weight excluding hydrogens is 552 g/mol. The van der Waals surface area contributed by atoms with E-state index in [-0.39, 0.29) is 0 Å².